The van der Waals surface area contributed by atoms with Crippen molar-refractivity contribution in [3.05, 3.63) is 46.2 Å². The monoisotopic (exact) mass is 227 g/mol. The van der Waals surface area contributed by atoms with Crippen molar-refractivity contribution >= 4 is 10.9 Å². The second-order valence-corrected chi connectivity index (χ2v) is 3.54. The zero-order valence-electron chi connectivity index (χ0n) is 8.14. The summed E-state index contributed by atoms with van der Waals surface area (Å²) in [4.78, 5) is 13.5. The third-order valence-corrected chi connectivity index (χ3v) is 2.19. The van der Waals surface area contributed by atoms with E-state index < -0.39 is 12.6 Å². The summed E-state index contributed by atoms with van der Waals surface area (Å²) in [5, 5.41) is 0.713. The van der Waals surface area contributed by atoms with Crippen molar-refractivity contribution < 1.29 is 13.2 Å². The Labute approximate surface area is 88.7 Å². The number of hydrogen-bond donors (Lipinski definition) is 1. The molecule has 0 saturated carbocycles. The van der Waals surface area contributed by atoms with Crippen molar-refractivity contribution in [1.29, 1.82) is 0 Å². The van der Waals surface area contributed by atoms with E-state index >= 15 is 0 Å². The van der Waals surface area contributed by atoms with Gasteiger partial charge in [-0.25, -0.2) is 0 Å². The van der Waals surface area contributed by atoms with Crippen molar-refractivity contribution in [3.63, 3.8) is 0 Å². The molecule has 2 rings (SSSR count). The minimum Gasteiger partial charge on any atom is -0.322 e. The molecule has 0 aliphatic heterocycles. The van der Waals surface area contributed by atoms with Crippen molar-refractivity contribution in [1.82, 2.24) is 4.98 Å². The van der Waals surface area contributed by atoms with Gasteiger partial charge in [-0.15, -0.1) is 0 Å². The van der Waals surface area contributed by atoms with Crippen LogP contribution in [0.2, 0.25) is 0 Å². The molecule has 84 valence electrons. The lowest BCUT2D eigenvalue weighted by atomic mass is 10.1. The van der Waals surface area contributed by atoms with Crippen LogP contribution in [0.1, 0.15) is 5.56 Å². The van der Waals surface area contributed by atoms with Crippen LogP contribution in [0.15, 0.2) is 35.1 Å². The average Bonchev–Trinajstić information content (AvgIpc) is 2.14. The largest absolute Gasteiger partial charge is 0.393 e. The van der Waals surface area contributed by atoms with Crippen LogP contribution in [-0.2, 0) is 6.42 Å². The highest BCUT2D eigenvalue weighted by Crippen LogP contribution is 2.22. The molecule has 0 bridgehead atoms. The molecule has 2 aromatic rings. The first-order valence-electron chi connectivity index (χ1n) is 4.63. The fraction of sp³-hybridized carbons (Fsp3) is 0.182. The van der Waals surface area contributed by atoms with Crippen LogP contribution in [0.25, 0.3) is 10.9 Å². The van der Waals surface area contributed by atoms with Gasteiger partial charge in [0.25, 0.3) is 0 Å². The highest BCUT2D eigenvalue weighted by molar-refractivity contribution is 5.78. The Morgan fingerprint density at radius 3 is 2.50 bits per heavy atom. The van der Waals surface area contributed by atoms with Crippen LogP contribution in [0.5, 0.6) is 0 Å². The van der Waals surface area contributed by atoms with Gasteiger partial charge in [0, 0.05) is 11.6 Å². The van der Waals surface area contributed by atoms with Crippen LogP contribution in [-0.4, -0.2) is 11.2 Å². The molecular formula is C11H8F3NO. The number of aromatic nitrogens is 1. The zero-order valence-corrected chi connectivity index (χ0v) is 8.14. The smallest absolute Gasteiger partial charge is 0.322 e. The minimum atomic E-state index is -4.23. The van der Waals surface area contributed by atoms with E-state index in [2.05, 4.69) is 4.98 Å². The topological polar surface area (TPSA) is 32.9 Å². The summed E-state index contributed by atoms with van der Waals surface area (Å²) in [5.41, 5.74) is 0.243. The number of nitrogens with one attached hydrogen (secondary N) is 1. The van der Waals surface area contributed by atoms with Crippen LogP contribution in [0, 0.1) is 0 Å². The summed E-state index contributed by atoms with van der Waals surface area (Å²) in [5.74, 6) is 0. The molecule has 0 aliphatic rings. The molecule has 1 aromatic carbocycles. The standard InChI is InChI=1S/C11H8F3NO/c12-11(13,14)6-7-1-2-8-3-4-10(16)15-9(8)5-7/h1-5H,6H2,(H,15,16). The molecule has 1 N–H and O–H groups in total. The Kier molecular flexibility index (Phi) is 2.46. The fourth-order valence-electron chi connectivity index (χ4n) is 1.54. The van der Waals surface area contributed by atoms with Gasteiger partial charge in [0.05, 0.1) is 6.42 Å². The normalized spacial score (nSPS) is 11.9. The SMILES string of the molecule is O=c1ccc2ccc(CC(F)(F)F)cc2[nH]1. The first kappa shape index (κ1) is 10.7. The predicted molar refractivity (Wildman–Crippen MR) is 54.3 cm³/mol. The number of aromatic amines is 1. The second-order valence-electron chi connectivity index (χ2n) is 3.54. The average molecular weight is 227 g/mol. The number of hydrogen-bond acceptors (Lipinski definition) is 1. The van der Waals surface area contributed by atoms with E-state index in [9.17, 15) is 18.0 Å². The van der Waals surface area contributed by atoms with E-state index in [0.29, 0.717) is 10.9 Å². The van der Waals surface area contributed by atoms with Gasteiger partial charge in [-0.2, -0.15) is 13.2 Å². The van der Waals surface area contributed by atoms with Crippen LogP contribution < -0.4 is 5.56 Å². The maximum Gasteiger partial charge on any atom is 0.393 e. The lowest BCUT2D eigenvalue weighted by Crippen LogP contribution is -2.11. The Hall–Kier alpha value is -1.78. The molecule has 1 aromatic heterocycles. The van der Waals surface area contributed by atoms with Crippen LogP contribution in [0.3, 0.4) is 0 Å². The lowest BCUT2D eigenvalue weighted by Gasteiger charge is -2.06. The second kappa shape index (κ2) is 3.66. The summed E-state index contributed by atoms with van der Waals surface area (Å²) in [7, 11) is 0. The highest BCUT2D eigenvalue weighted by Gasteiger charge is 2.27. The fourth-order valence-corrected chi connectivity index (χ4v) is 1.54. The Balaban J connectivity index is 2.47. The van der Waals surface area contributed by atoms with E-state index in [4.69, 9.17) is 0 Å². The number of H-pyrrole nitrogens is 1. The Morgan fingerprint density at radius 2 is 1.81 bits per heavy atom. The van der Waals surface area contributed by atoms with Crippen molar-refractivity contribution in [2.45, 2.75) is 12.6 Å². The summed E-state index contributed by atoms with van der Waals surface area (Å²) < 4.78 is 36.4. The minimum absolute atomic E-state index is 0.141. The quantitative estimate of drug-likeness (QED) is 0.798. The molecule has 1 heterocycles. The first-order chi connectivity index (χ1) is 7.44. The van der Waals surface area contributed by atoms with Gasteiger partial charge in [0.15, 0.2) is 0 Å². The summed E-state index contributed by atoms with van der Waals surface area (Å²) in [6.45, 7) is 0. The number of halogens is 3. The molecule has 5 heteroatoms. The van der Waals surface area contributed by atoms with Gasteiger partial charge in [-0.1, -0.05) is 12.1 Å². The van der Waals surface area contributed by atoms with Gasteiger partial charge in [0.1, 0.15) is 0 Å². The number of fused-ring (bicyclic) bond motifs is 1. The van der Waals surface area contributed by atoms with E-state index in [1.54, 1.807) is 12.1 Å². The summed E-state index contributed by atoms with van der Waals surface area (Å²) in [6.07, 6.45) is -5.22. The van der Waals surface area contributed by atoms with Crippen molar-refractivity contribution in [2.24, 2.45) is 0 Å². The van der Waals surface area contributed by atoms with Gasteiger partial charge < -0.3 is 4.98 Å². The van der Waals surface area contributed by atoms with E-state index in [0.717, 1.165) is 0 Å². The molecule has 0 saturated heterocycles. The molecule has 0 fully saturated rings. The maximum atomic E-state index is 12.1. The van der Waals surface area contributed by atoms with E-state index in [1.165, 1.54) is 18.2 Å². The molecule has 2 nitrogen and oxygen atoms in total. The maximum absolute atomic E-state index is 12.1. The van der Waals surface area contributed by atoms with Crippen molar-refractivity contribution in [3.8, 4) is 0 Å². The first-order valence-corrected chi connectivity index (χ1v) is 4.63. The number of alkyl halides is 3. The van der Waals surface area contributed by atoms with Gasteiger partial charge in [-0.05, 0) is 23.1 Å². The Morgan fingerprint density at radius 1 is 1.12 bits per heavy atom. The van der Waals surface area contributed by atoms with Gasteiger partial charge >= 0.3 is 6.18 Å². The van der Waals surface area contributed by atoms with Gasteiger partial charge in [0.2, 0.25) is 5.56 Å². The summed E-state index contributed by atoms with van der Waals surface area (Å²) in [6, 6.07) is 7.24. The molecular weight excluding hydrogens is 219 g/mol. The zero-order chi connectivity index (χ0) is 11.8. The molecule has 0 amide bonds. The van der Waals surface area contributed by atoms with E-state index in [1.807, 2.05) is 0 Å². The molecule has 0 unspecified atom stereocenters. The molecule has 16 heavy (non-hydrogen) atoms. The number of rotatable bonds is 1. The molecule has 0 atom stereocenters. The van der Waals surface area contributed by atoms with Crippen molar-refractivity contribution in [2.75, 3.05) is 0 Å². The highest BCUT2D eigenvalue weighted by atomic mass is 19.4. The number of benzene rings is 1. The summed E-state index contributed by atoms with van der Waals surface area (Å²) >= 11 is 0. The lowest BCUT2D eigenvalue weighted by molar-refractivity contribution is -0.127. The number of pyridine rings is 1. The van der Waals surface area contributed by atoms with Crippen LogP contribution in [0.4, 0.5) is 13.2 Å². The molecule has 0 radical (unpaired) electrons. The van der Waals surface area contributed by atoms with E-state index in [-0.39, 0.29) is 11.1 Å². The van der Waals surface area contributed by atoms with Gasteiger partial charge in [-0.3, -0.25) is 4.79 Å². The molecule has 0 spiro atoms. The Bertz CT molecular complexity index is 571. The predicted octanol–water partition coefficient (Wildman–Crippen LogP) is 2.63. The third-order valence-electron chi connectivity index (χ3n) is 2.19. The van der Waals surface area contributed by atoms with Crippen LogP contribution >= 0.6 is 0 Å². The third kappa shape index (κ3) is 2.42. The molecule has 0 aliphatic carbocycles.